The van der Waals surface area contributed by atoms with Crippen LogP contribution >= 0.6 is 0 Å². The number of rotatable bonds is 7. The third kappa shape index (κ3) is 4.94. The van der Waals surface area contributed by atoms with Crippen molar-refractivity contribution in [2.24, 2.45) is 5.92 Å². The standard InChI is InChI=1S/C23H31N3O4/c1-15-19(14-28-23(27)26(3)13-17-9-10-17)22(30-25-15)20-11-12-21(16(2)24-20)29-18-7-5-4-6-8-18/h11-12,17-18H,4-10,13-14H2,1-3H3. The lowest BCUT2D eigenvalue weighted by Crippen LogP contribution is -2.29. The molecule has 7 nitrogen and oxygen atoms in total. The molecule has 0 spiro atoms. The molecule has 0 aliphatic heterocycles. The van der Waals surface area contributed by atoms with Crippen LogP contribution in [0.2, 0.25) is 0 Å². The zero-order valence-electron chi connectivity index (χ0n) is 18.1. The molecule has 2 aromatic rings. The van der Waals surface area contributed by atoms with Gasteiger partial charge >= 0.3 is 6.09 Å². The van der Waals surface area contributed by atoms with Crippen molar-refractivity contribution in [1.29, 1.82) is 0 Å². The fourth-order valence-corrected chi connectivity index (χ4v) is 3.93. The van der Waals surface area contributed by atoms with Gasteiger partial charge < -0.3 is 18.9 Å². The first-order valence-electron chi connectivity index (χ1n) is 11.0. The molecule has 2 heterocycles. The molecule has 2 aliphatic carbocycles. The third-order valence-electron chi connectivity index (χ3n) is 5.98. The van der Waals surface area contributed by atoms with Crippen LogP contribution in [0, 0.1) is 19.8 Å². The van der Waals surface area contributed by atoms with Gasteiger partial charge in [0.25, 0.3) is 0 Å². The lowest BCUT2D eigenvalue weighted by molar-refractivity contribution is 0.103. The first kappa shape index (κ1) is 20.7. The molecule has 0 N–H and O–H groups in total. The quantitative estimate of drug-likeness (QED) is 0.633. The number of aromatic nitrogens is 2. The second-order valence-corrected chi connectivity index (χ2v) is 8.61. The molecular weight excluding hydrogens is 382 g/mol. The molecule has 162 valence electrons. The normalized spacial score (nSPS) is 17.0. The van der Waals surface area contributed by atoms with E-state index in [0.717, 1.165) is 36.4 Å². The molecule has 2 aliphatic rings. The van der Waals surface area contributed by atoms with Crippen LogP contribution in [0.3, 0.4) is 0 Å². The molecule has 0 radical (unpaired) electrons. The largest absolute Gasteiger partial charge is 0.489 e. The highest BCUT2D eigenvalue weighted by Crippen LogP contribution is 2.31. The van der Waals surface area contributed by atoms with E-state index in [-0.39, 0.29) is 18.8 Å². The SMILES string of the molecule is Cc1nc(-c2onc(C)c2COC(=O)N(C)CC2CC2)ccc1OC1CCCCC1. The Bertz CT molecular complexity index is 885. The maximum absolute atomic E-state index is 12.3. The van der Waals surface area contributed by atoms with Crippen LogP contribution in [0.25, 0.3) is 11.5 Å². The predicted octanol–water partition coefficient (Wildman–Crippen LogP) is 5.04. The second kappa shape index (κ2) is 9.06. The predicted molar refractivity (Wildman–Crippen MR) is 112 cm³/mol. The van der Waals surface area contributed by atoms with Gasteiger partial charge in [-0.2, -0.15) is 0 Å². The highest BCUT2D eigenvalue weighted by molar-refractivity contribution is 5.68. The molecule has 1 amide bonds. The van der Waals surface area contributed by atoms with Crippen molar-refractivity contribution in [3.8, 4) is 17.2 Å². The van der Waals surface area contributed by atoms with Gasteiger partial charge in [-0.15, -0.1) is 0 Å². The molecule has 2 fully saturated rings. The van der Waals surface area contributed by atoms with Gasteiger partial charge in [0.1, 0.15) is 18.1 Å². The molecule has 0 unspecified atom stereocenters. The molecule has 2 aromatic heterocycles. The summed E-state index contributed by atoms with van der Waals surface area (Å²) >= 11 is 0. The fraction of sp³-hybridized carbons (Fsp3) is 0.609. The molecule has 0 aromatic carbocycles. The summed E-state index contributed by atoms with van der Waals surface area (Å²) in [7, 11) is 1.78. The Balaban J connectivity index is 1.43. The molecule has 4 rings (SSSR count). The number of hydrogen-bond acceptors (Lipinski definition) is 6. The first-order chi connectivity index (χ1) is 14.5. The average molecular weight is 414 g/mol. The fourth-order valence-electron chi connectivity index (χ4n) is 3.93. The highest BCUT2D eigenvalue weighted by Gasteiger charge is 2.26. The summed E-state index contributed by atoms with van der Waals surface area (Å²) in [4.78, 5) is 18.6. The minimum absolute atomic E-state index is 0.111. The smallest absolute Gasteiger partial charge is 0.409 e. The first-order valence-corrected chi connectivity index (χ1v) is 11.0. The summed E-state index contributed by atoms with van der Waals surface area (Å²) < 4.78 is 17.2. The molecule has 0 saturated heterocycles. The van der Waals surface area contributed by atoms with E-state index in [1.54, 1.807) is 11.9 Å². The van der Waals surface area contributed by atoms with Gasteiger partial charge in [-0.3, -0.25) is 0 Å². The Morgan fingerprint density at radius 1 is 1.13 bits per heavy atom. The average Bonchev–Trinajstić information content (AvgIpc) is 3.48. The Morgan fingerprint density at radius 2 is 1.90 bits per heavy atom. The summed E-state index contributed by atoms with van der Waals surface area (Å²) in [6.45, 7) is 4.64. The highest BCUT2D eigenvalue weighted by atomic mass is 16.6. The number of carbonyl (C=O) groups is 1. The number of nitrogens with zero attached hydrogens (tertiary/aromatic N) is 3. The molecule has 7 heteroatoms. The van der Waals surface area contributed by atoms with Crippen molar-refractivity contribution < 1.29 is 18.8 Å². The van der Waals surface area contributed by atoms with Crippen molar-refractivity contribution >= 4 is 6.09 Å². The number of ether oxygens (including phenoxy) is 2. The van der Waals surface area contributed by atoms with Gasteiger partial charge in [0.2, 0.25) is 0 Å². The summed E-state index contributed by atoms with van der Waals surface area (Å²) in [6.07, 6.45) is 8.30. The van der Waals surface area contributed by atoms with Crippen LogP contribution in [-0.2, 0) is 11.3 Å². The van der Waals surface area contributed by atoms with E-state index in [9.17, 15) is 4.79 Å². The Morgan fingerprint density at radius 3 is 2.60 bits per heavy atom. The van der Waals surface area contributed by atoms with E-state index in [0.29, 0.717) is 23.1 Å². The summed E-state index contributed by atoms with van der Waals surface area (Å²) in [5.74, 6) is 1.98. The van der Waals surface area contributed by atoms with Gasteiger partial charge in [-0.05, 0) is 70.4 Å². The van der Waals surface area contributed by atoms with E-state index >= 15 is 0 Å². The van der Waals surface area contributed by atoms with Crippen molar-refractivity contribution in [2.45, 2.75) is 71.5 Å². The number of pyridine rings is 1. The van der Waals surface area contributed by atoms with Crippen LogP contribution in [0.1, 0.15) is 61.9 Å². The molecular formula is C23H31N3O4. The number of aryl methyl sites for hydroxylation is 2. The van der Waals surface area contributed by atoms with Crippen LogP contribution in [0.5, 0.6) is 5.75 Å². The van der Waals surface area contributed by atoms with Gasteiger partial charge in [-0.1, -0.05) is 11.6 Å². The van der Waals surface area contributed by atoms with Crippen LogP contribution < -0.4 is 4.74 Å². The summed E-state index contributed by atoms with van der Waals surface area (Å²) in [5.41, 5.74) is 2.93. The van der Waals surface area contributed by atoms with E-state index in [1.165, 1.54) is 32.1 Å². The van der Waals surface area contributed by atoms with Crippen LogP contribution in [0.4, 0.5) is 4.79 Å². The Kier molecular flexibility index (Phi) is 6.25. The van der Waals surface area contributed by atoms with Crippen molar-refractivity contribution in [3.63, 3.8) is 0 Å². The molecule has 30 heavy (non-hydrogen) atoms. The summed E-state index contributed by atoms with van der Waals surface area (Å²) in [5, 5.41) is 4.07. The Labute approximate surface area is 177 Å². The van der Waals surface area contributed by atoms with Crippen molar-refractivity contribution in [2.75, 3.05) is 13.6 Å². The van der Waals surface area contributed by atoms with E-state index in [1.807, 2.05) is 26.0 Å². The van der Waals surface area contributed by atoms with Crippen LogP contribution in [0.15, 0.2) is 16.7 Å². The number of amides is 1. The van der Waals surface area contributed by atoms with Gasteiger partial charge in [-0.25, -0.2) is 9.78 Å². The summed E-state index contributed by atoms with van der Waals surface area (Å²) in [6, 6.07) is 3.83. The van der Waals surface area contributed by atoms with E-state index < -0.39 is 0 Å². The topological polar surface area (TPSA) is 77.7 Å². The van der Waals surface area contributed by atoms with Crippen molar-refractivity contribution in [1.82, 2.24) is 15.0 Å². The number of carbonyl (C=O) groups excluding carboxylic acids is 1. The third-order valence-corrected chi connectivity index (χ3v) is 5.98. The molecule has 0 atom stereocenters. The van der Waals surface area contributed by atoms with Gasteiger partial charge in [0.05, 0.1) is 23.1 Å². The van der Waals surface area contributed by atoms with Crippen LogP contribution in [-0.4, -0.2) is 40.8 Å². The molecule has 0 bridgehead atoms. The van der Waals surface area contributed by atoms with E-state index in [4.69, 9.17) is 14.0 Å². The second-order valence-electron chi connectivity index (χ2n) is 8.61. The van der Waals surface area contributed by atoms with Crippen molar-refractivity contribution in [3.05, 3.63) is 29.1 Å². The lowest BCUT2D eigenvalue weighted by atomic mass is 9.98. The minimum atomic E-state index is -0.325. The van der Waals surface area contributed by atoms with Gasteiger partial charge in [0, 0.05) is 13.6 Å². The van der Waals surface area contributed by atoms with E-state index in [2.05, 4.69) is 10.1 Å². The maximum Gasteiger partial charge on any atom is 0.409 e. The zero-order chi connectivity index (χ0) is 21.1. The van der Waals surface area contributed by atoms with Gasteiger partial charge in [0.15, 0.2) is 5.76 Å². The molecule has 2 saturated carbocycles. The maximum atomic E-state index is 12.3. The lowest BCUT2D eigenvalue weighted by Gasteiger charge is -2.23. The Hall–Kier alpha value is -2.57. The number of hydrogen-bond donors (Lipinski definition) is 0. The monoisotopic (exact) mass is 413 g/mol. The minimum Gasteiger partial charge on any atom is -0.489 e. The zero-order valence-corrected chi connectivity index (χ0v) is 18.1.